The van der Waals surface area contributed by atoms with Gasteiger partial charge < -0.3 is 5.11 Å². The number of hydrogen-bond acceptors (Lipinski definition) is 1. The molecule has 92 valence electrons. The lowest BCUT2D eigenvalue weighted by atomic mass is 9.69. The molecule has 16 heavy (non-hydrogen) atoms. The lowest BCUT2D eigenvalue weighted by Gasteiger charge is -2.37. The highest BCUT2D eigenvalue weighted by molar-refractivity contribution is 5.36. The van der Waals surface area contributed by atoms with Gasteiger partial charge in [0.05, 0.1) is 5.76 Å². The summed E-state index contributed by atoms with van der Waals surface area (Å²) in [6.07, 6.45) is 3.15. The zero-order valence-electron chi connectivity index (χ0n) is 11.8. The Morgan fingerprint density at radius 3 is 2.00 bits per heavy atom. The van der Waals surface area contributed by atoms with Gasteiger partial charge in [-0.05, 0) is 29.7 Å². The highest BCUT2D eigenvalue weighted by Gasteiger charge is 2.35. The van der Waals surface area contributed by atoms with Crippen molar-refractivity contribution in [2.24, 2.45) is 16.7 Å². The van der Waals surface area contributed by atoms with Gasteiger partial charge in [0, 0.05) is 5.92 Å². The van der Waals surface area contributed by atoms with E-state index in [4.69, 9.17) is 0 Å². The maximum atomic E-state index is 10.5. The lowest BCUT2D eigenvalue weighted by Crippen LogP contribution is -2.28. The summed E-state index contributed by atoms with van der Waals surface area (Å²) >= 11 is 0. The van der Waals surface area contributed by atoms with Crippen LogP contribution in [0.4, 0.5) is 0 Å². The molecule has 0 aromatic carbocycles. The van der Waals surface area contributed by atoms with Crippen molar-refractivity contribution < 1.29 is 5.11 Å². The minimum absolute atomic E-state index is 0.0231. The van der Waals surface area contributed by atoms with Crippen LogP contribution in [-0.4, -0.2) is 5.11 Å². The fourth-order valence-corrected chi connectivity index (χ4v) is 2.30. The first-order valence-electron chi connectivity index (χ1n) is 6.14. The van der Waals surface area contributed by atoms with Crippen LogP contribution < -0.4 is 0 Å². The second-order valence-electron chi connectivity index (χ2n) is 7.16. The fraction of sp³-hybridized carbons (Fsp3) is 0.733. The Labute approximate surface area is 100 Å². The molecule has 1 atom stereocenters. The molecule has 0 bridgehead atoms. The largest absolute Gasteiger partial charge is 0.512 e. The molecule has 1 N–H and O–H groups in total. The molecule has 0 radical (unpaired) electrons. The summed E-state index contributed by atoms with van der Waals surface area (Å²) in [5.41, 5.74) is 2.63. The molecule has 0 fully saturated rings. The van der Waals surface area contributed by atoms with Crippen molar-refractivity contribution in [2.75, 3.05) is 0 Å². The van der Waals surface area contributed by atoms with Crippen molar-refractivity contribution >= 4 is 0 Å². The predicted octanol–water partition coefficient (Wildman–Crippen LogP) is 4.86. The smallest absolute Gasteiger partial charge is 0.0999 e. The van der Waals surface area contributed by atoms with E-state index in [1.54, 1.807) is 0 Å². The van der Waals surface area contributed by atoms with Crippen LogP contribution in [0.25, 0.3) is 0 Å². The summed E-state index contributed by atoms with van der Waals surface area (Å²) in [6.45, 7) is 15.2. The van der Waals surface area contributed by atoms with Gasteiger partial charge in [-0.25, -0.2) is 0 Å². The third kappa shape index (κ3) is 2.69. The van der Waals surface area contributed by atoms with E-state index >= 15 is 0 Å². The fourth-order valence-electron chi connectivity index (χ4n) is 2.30. The third-order valence-electron chi connectivity index (χ3n) is 3.38. The zero-order valence-corrected chi connectivity index (χ0v) is 11.8. The number of aliphatic hydroxyl groups excluding tert-OH is 1. The van der Waals surface area contributed by atoms with E-state index in [2.05, 4.69) is 54.5 Å². The van der Waals surface area contributed by atoms with Gasteiger partial charge in [-0.1, -0.05) is 53.2 Å². The topological polar surface area (TPSA) is 20.2 Å². The normalized spacial score (nSPS) is 23.4. The van der Waals surface area contributed by atoms with Crippen LogP contribution in [0.5, 0.6) is 0 Å². The van der Waals surface area contributed by atoms with Gasteiger partial charge in [0.15, 0.2) is 0 Å². The molecule has 0 amide bonds. The van der Waals surface area contributed by atoms with Gasteiger partial charge in [0.1, 0.15) is 0 Å². The van der Waals surface area contributed by atoms with Crippen molar-refractivity contribution in [1.82, 2.24) is 0 Å². The van der Waals surface area contributed by atoms with Crippen molar-refractivity contribution in [1.29, 1.82) is 0 Å². The van der Waals surface area contributed by atoms with Gasteiger partial charge in [0.25, 0.3) is 0 Å². The Morgan fingerprint density at radius 2 is 1.62 bits per heavy atom. The standard InChI is InChI=1S/C15H26O/c1-10-8-11(14(2,3)4)13(16)12(9-10)15(5,6)7/h8,12,16H,9H2,1-7H3. The van der Waals surface area contributed by atoms with Crippen molar-refractivity contribution in [2.45, 2.75) is 54.9 Å². The monoisotopic (exact) mass is 222 g/mol. The Morgan fingerprint density at radius 1 is 1.12 bits per heavy atom. The summed E-state index contributed by atoms with van der Waals surface area (Å²) in [7, 11) is 0. The Hall–Kier alpha value is -0.720. The van der Waals surface area contributed by atoms with Crippen molar-refractivity contribution in [3.05, 3.63) is 23.0 Å². The highest BCUT2D eigenvalue weighted by atomic mass is 16.3. The highest BCUT2D eigenvalue weighted by Crippen LogP contribution is 2.44. The zero-order chi connectivity index (χ0) is 12.7. The molecule has 1 aliphatic carbocycles. The van der Waals surface area contributed by atoms with Gasteiger partial charge in [-0.15, -0.1) is 0 Å². The first kappa shape index (κ1) is 13.3. The predicted molar refractivity (Wildman–Crippen MR) is 70.4 cm³/mol. The average Bonchev–Trinajstić information content (AvgIpc) is 2.04. The first-order chi connectivity index (χ1) is 7.03. The molecule has 0 aliphatic heterocycles. The van der Waals surface area contributed by atoms with E-state index in [-0.39, 0.29) is 16.7 Å². The van der Waals surface area contributed by atoms with Crippen molar-refractivity contribution in [3.63, 3.8) is 0 Å². The maximum absolute atomic E-state index is 10.5. The van der Waals surface area contributed by atoms with Crippen LogP contribution in [-0.2, 0) is 0 Å². The number of hydrogen-bond donors (Lipinski definition) is 1. The molecule has 0 aromatic rings. The Balaban J connectivity index is 3.23. The van der Waals surface area contributed by atoms with Crippen LogP contribution >= 0.6 is 0 Å². The van der Waals surface area contributed by atoms with Crippen LogP contribution in [0.1, 0.15) is 54.9 Å². The molecule has 0 spiro atoms. The molecule has 1 nitrogen and oxygen atoms in total. The van der Waals surface area contributed by atoms with Gasteiger partial charge in [0.2, 0.25) is 0 Å². The van der Waals surface area contributed by atoms with Gasteiger partial charge >= 0.3 is 0 Å². The molecule has 1 heteroatoms. The van der Waals surface area contributed by atoms with E-state index in [0.29, 0.717) is 5.76 Å². The minimum Gasteiger partial charge on any atom is -0.512 e. The van der Waals surface area contributed by atoms with E-state index in [1.165, 1.54) is 5.57 Å². The molecule has 1 aliphatic rings. The second-order valence-corrected chi connectivity index (χ2v) is 7.16. The number of rotatable bonds is 0. The average molecular weight is 222 g/mol. The van der Waals surface area contributed by atoms with Crippen molar-refractivity contribution in [3.8, 4) is 0 Å². The van der Waals surface area contributed by atoms with E-state index in [0.717, 1.165) is 12.0 Å². The Bertz CT molecular complexity index is 331. The first-order valence-corrected chi connectivity index (χ1v) is 6.14. The van der Waals surface area contributed by atoms with Gasteiger partial charge in [-0.3, -0.25) is 0 Å². The maximum Gasteiger partial charge on any atom is 0.0999 e. The summed E-state index contributed by atoms with van der Waals surface area (Å²) in [5, 5.41) is 10.5. The molecule has 0 saturated heterocycles. The molecule has 0 saturated carbocycles. The Kier molecular flexibility index (Phi) is 3.29. The van der Waals surface area contributed by atoms with E-state index < -0.39 is 0 Å². The van der Waals surface area contributed by atoms with E-state index in [9.17, 15) is 5.11 Å². The molecule has 1 unspecified atom stereocenters. The lowest BCUT2D eigenvalue weighted by molar-refractivity contribution is 0.187. The van der Waals surface area contributed by atoms with Gasteiger partial charge in [-0.2, -0.15) is 0 Å². The molecule has 1 rings (SSSR count). The minimum atomic E-state index is 0.0231. The molecular formula is C15H26O. The quantitative estimate of drug-likeness (QED) is 0.620. The molecule has 0 aromatic heterocycles. The summed E-state index contributed by atoms with van der Waals surface area (Å²) in [6, 6.07) is 0. The number of allylic oxidation sites excluding steroid dienone is 4. The third-order valence-corrected chi connectivity index (χ3v) is 3.38. The van der Waals surface area contributed by atoms with Crippen LogP contribution in [0.3, 0.4) is 0 Å². The number of aliphatic hydroxyl groups is 1. The second kappa shape index (κ2) is 3.94. The van der Waals surface area contributed by atoms with Crippen LogP contribution in [0.15, 0.2) is 23.0 Å². The molecule has 0 heterocycles. The summed E-state index contributed by atoms with van der Waals surface area (Å²) in [5.74, 6) is 0.859. The van der Waals surface area contributed by atoms with Crippen LogP contribution in [0, 0.1) is 16.7 Å². The molecular weight excluding hydrogens is 196 g/mol. The summed E-state index contributed by atoms with van der Waals surface area (Å²) in [4.78, 5) is 0. The van der Waals surface area contributed by atoms with Crippen LogP contribution in [0.2, 0.25) is 0 Å². The summed E-state index contributed by atoms with van der Waals surface area (Å²) < 4.78 is 0. The van der Waals surface area contributed by atoms with E-state index in [1.807, 2.05) is 0 Å². The SMILES string of the molecule is CC1=CC(C(C)(C)C)=C(O)C(C(C)(C)C)C1.